The highest BCUT2D eigenvalue weighted by Crippen LogP contribution is 2.47. The lowest BCUT2D eigenvalue weighted by Gasteiger charge is -2.45. The second-order valence-electron chi connectivity index (χ2n) is 9.90. The minimum absolute atomic E-state index is 0.413. The maximum absolute atomic E-state index is 11.7. The van der Waals surface area contributed by atoms with Gasteiger partial charge >= 0.3 is 0 Å². The summed E-state index contributed by atoms with van der Waals surface area (Å²) < 4.78 is 0. The zero-order chi connectivity index (χ0) is 22.5. The minimum Gasteiger partial charge on any atom is -0.365 e. The maximum atomic E-state index is 11.7. The third-order valence-electron chi connectivity index (χ3n) is 7.54. The molecule has 0 aliphatic heterocycles. The molecular formula is C30H44O2. The van der Waals surface area contributed by atoms with Crippen LogP contribution < -0.4 is 0 Å². The van der Waals surface area contributed by atoms with Crippen LogP contribution in [0.5, 0.6) is 0 Å². The summed E-state index contributed by atoms with van der Waals surface area (Å²) in [7, 11) is 0. The van der Waals surface area contributed by atoms with Gasteiger partial charge in [-0.15, -0.1) is 0 Å². The van der Waals surface area contributed by atoms with Gasteiger partial charge in [0.1, 0.15) is 0 Å². The maximum Gasteiger partial charge on any atom is 0.176 e. The normalized spacial score (nSPS) is 21.8. The van der Waals surface area contributed by atoms with Crippen molar-refractivity contribution in [2.24, 2.45) is 0 Å². The number of hydrogen-bond acceptors (Lipinski definition) is 2. The van der Waals surface area contributed by atoms with E-state index >= 15 is 0 Å². The van der Waals surface area contributed by atoms with Gasteiger partial charge in [0.25, 0.3) is 0 Å². The summed E-state index contributed by atoms with van der Waals surface area (Å²) in [4.78, 5) is 0. The summed E-state index contributed by atoms with van der Waals surface area (Å²) in [6.45, 7) is 0. The first-order valence-electron chi connectivity index (χ1n) is 13.2. The molecule has 2 aromatic carbocycles. The van der Waals surface area contributed by atoms with Crippen LogP contribution in [0.25, 0.3) is 0 Å². The Bertz CT molecular complexity index is 698. The number of hydrogen-bond donors (Lipinski definition) is 2. The Kier molecular flexibility index (Phi) is 10.3. The van der Waals surface area contributed by atoms with Crippen LogP contribution >= 0.6 is 0 Å². The van der Waals surface area contributed by atoms with Crippen molar-refractivity contribution in [3.8, 4) is 0 Å². The molecule has 0 unspecified atom stereocenters. The molecule has 0 amide bonds. The van der Waals surface area contributed by atoms with E-state index in [4.69, 9.17) is 0 Å². The van der Waals surface area contributed by atoms with Crippen molar-refractivity contribution >= 4 is 0 Å². The van der Waals surface area contributed by atoms with E-state index in [0.717, 1.165) is 43.2 Å². The van der Waals surface area contributed by atoms with Gasteiger partial charge in [-0.2, -0.15) is 0 Å². The molecule has 1 aliphatic rings. The van der Waals surface area contributed by atoms with E-state index in [1.54, 1.807) is 0 Å². The summed E-state index contributed by atoms with van der Waals surface area (Å²) in [5.41, 5.74) is 1.23. The first-order valence-corrected chi connectivity index (χ1v) is 13.2. The first-order chi connectivity index (χ1) is 15.7. The standard InChI is InChI=1S/C30H44O2/c31-30(32)26-20-12-10-8-6-4-2-1-3-5-7-9-11-19-25-29(30,27-21-15-13-16-22-27)28-23-17-14-18-24-28/h13-18,21-24,31-32H,1-12,19-20,25-26H2. The van der Waals surface area contributed by atoms with Crippen LogP contribution in [0.1, 0.15) is 114 Å². The fourth-order valence-electron chi connectivity index (χ4n) is 5.66. The lowest BCUT2D eigenvalue weighted by atomic mass is 9.64. The number of aliphatic hydroxyl groups is 2. The zero-order valence-electron chi connectivity index (χ0n) is 20.0. The topological polar surface area (TPSA) is 40.5 Å². The van der Waals surface area contributed by atoms with Crippen molar-refractivity contribution in [3.63, 3.8) is 0 Å². The average molecular weight is 437 g/mol. The summed E-state index contributed by atoms with van der Waals surface area (Å²) in [6, 6.07) is 20.5. The Labute approximate surface area is 196 Å². The fourth-order valence-corrected chi connectivity index (χ4v) is 5.66. The van der Waals surface area contributed by atoms with E-state index in [2.05, 4.69) is 24.3 Å². The molecule has 0 bridgehead atoms. The van der Waals surface area contributed by atoms with Gasteiger partial charge in [-0.1, -0.05) is 144 Å². The van der Waals surface area contributed by atoms with Crippen LogP contribution in [0, 0.1) is 0 Å². The van der Waals surface area contributed by atoms with Gasteiger partial charge in [-0.05, 0) is 24.0 Å². The quantitative estimate of drug-likeness (QED) is 0.470. The molecule has 176 valence electrons. The van der Waals surface area contributed by atoms with E-state index < -0.39 is 11.2 Å². The molecule has 2 aromatic rings. The molecule has 2 nitrogen and oxygen atoms in total. The fraction of sp³-hybridized carbons (Fsp3) is 0.600. The van der Waals surface area contributed by atoms with Crippen molar-refractivity contribution in [3.05, 3.63) is 71.8 Å². The third kappa shape index (κ3) is 6.68. The SMILES string of the molecule is OC1(O)CCCCCCCCCCCCCCCCC1(c1ccccc1)c1ccccc1. The smallest absolute Gasteiger partial charge is 0.176 e. The number of benzene rings is 2. The van der Waals surface area contributed by atoms with Crippen LogP contribution in [-0.2, 0) is 5.41 Å². The first kappa shape index (κ1) is 25.0. The molecule has 32 heavy (non-hydrogen) atoms. The Morgan fingerprint density at radius 2 is 0.719 bits per heavy atom. The Balaban J connectivity index is 1.88. The predicted octanol–water partition coefficient (Wildman–Crippen LogP) is 7.91. The predicted molar refractivity (Wildman–Crippen MR) is 135 cm³/mol. The van der Waals surface area contributed by atoms with Gasteiger partial charge in [-0.3, -0.25) is 0 Å². The molecule has 0 radical (unpaired) electrons. The molecule has 3 rings (SSSR count). The van der Waals surface area contributed by atoms with Crippen LogP contribution in [0.2, 0.25) is 0 Å². The molecule has 0 saturated heterocycles. The van der Waals surface area contributed by atoms with Crippen molar-refractivity contribution < 1.29 is 10.2 Å². The highest BCUT2D eigenvalue weighted by atomic mass is 16.5. The van der Waals surface area contributed by atoms with Gasteiger partial charge < -0.3 is 10.2 Å². The van der Waals surface area contributed by atoms with Crippen LogP contribution in [0.3, 0.4) is 0 Å². The van der Waals surface area contributed by atoms with Gasteiger partial charge in [0.15, 0.2) is 5.79 Å². The Hall–Kier alpha value is -1.64. The van der Waals surface area contributed by atoms with Crippen molar-refractivity contribution in [1.29, 1.82) is 0 Å². The minimum atomic E-state index is -1.78. The van der Waals surface area contributed by atoms with Crippen molar-refractivity contribution in [1.82, 2.24) is 0 Å². The second-order valence-corrected chi connectivity index (χ2v) is 9.90. The molecule has 0 spiro atoms. The summed E-state index contributed by atoms with van der Waals surface area (Å²) in [6.07, 6.45) is 18.4. The van der Waals surface area contributed by atoms with E-state index in [1.807, 2.05) is 36.4 Å². The lowest BCUT2D eigenvalue weighted by Crippen LogP contribution is -2.52. The van der Waals surface area contributed by atoms with E-state index in [1.165, 1.54) is 64.2 Å². The number of rotatable bonds is 2. The van der Waals surface area contributed by atoms with Crippen molar-refractivity contribution in [2.75, 3.05) is 0 Å². The molecular weight excluding hydrogens is 392 g/mol. The van der Waals surface area contributed by atoms with Crippen LogP contribution in [0.15, 0.2) is 60.7 Å². The molecule has 0 aromatic heterocycles. The molecule has 0 atom stereocenters. The van der Waals surface area contributed by atoms with Gasteiger partial charge in [-0.25, -0.2) is 0 Å². The Morgan fingerprint density at radius 1 is 0.406 bits per heavy atom. The zero-order valence-corrected chi connectivity index (χ0v) is 20.0. The Morgan fingerprint density at radius 3 is 1.09 bits per heavy atom. The second kappa shape index (κ2) is 13.2. The molecule has 2 heteroatoms. The van der Waals surface area contributed by atoms with Crippen molar-refractivity contribution in [2.45, 2.75) is 114 Å². The highest BCUT2D eigenvalue weighted by molar-refractivity contribution is 5.42. The highest BCUT2D eigenvalue weighted by Gasteiger charge is 2.50. The third-order valence-corrected chi connectivity index (χ3v) is 7.54. The van der Waals surface area contributed by atoms with Gasteiger partial charge in [0.05, 0.1) is 5.41 Å². The largest absolute Gasteiger partial charge is 0.365 e. The van der Waals surface area contributed by atoms with Gasteiger partial charge in [0, 0.05) is 6.42 Å². The average Bonchev–Trinajstić information content (AvgIpc) is 2.82. The molecule has 1 fully saturated rings. The van der Waals surface area contributed by atoms with E-state index in [9.17, 15) is 10.2 Å². The van der Waals surface area contributed by atoms with Crippen LogP contribution in [0.4, 0.5) is 0 Å². The summed E-state index contributed by atoms with van der Waals surface area (Å²) in [5.74, 6) is -1.78. The van der Waals surface area contributed by atoms with E-state index in [-0.39, 0.29) is 0 Å². The molecule has 1 aliphatic carbocycles. The lowest BCUT2D eigenvalue weighted by molar-refractivity contribution is -0.210. The summed E-state index contributed by atoms with van der Waals surface area (Å²) >= 11 is 0. The molecule has 2 N–H and O–H groups in total. The summed E-state index contributed by atoms with van der Waals surface area (Å²) in [5, 5.41) is 23.5. The van der Waals surface area contributed by atoms with Gasteiger partial charge in [0.2, 0.25) is 0 Å². The molecule has 0 heterocycles. The monoisotopic (exact) mass is 436 g/mol. The van der Waals surface area contributed by atoms with Crippen LogP contribution in [-0.4, -0.2) is 16.0 Å². The van der Waals surface area contributed by atoms with E-state index in [0.29, 0.717) is 6.42 Å². The molecule has 1 saturated carbocycles.